The van der Waals surface area contributed by atoms with Gasteiger partial charge in [-0.05, 0) is 61.7 Å². The first-order valence-corrected chi connectivity index (χ1v) is 12.5. The first kappa shape index (κ1) is 23.8. The zero-order valence-electron chi connectivity index (χ0n) is 20.5. The Morgan fingerprint density at radius 2 is 1.97 bits per heavy atom. The fraction of sp³-hybridized carbons (Fsp3) is 0.593. The number of carbonyl (C=O) groups is 1. The van der Waals surface area contributed by atoms with E-state index in [1.807, 2.05) is 26.1 Å². The van der Waals surface area contributed by atoms with Crippen molar-refractivity contribution >= 4 is 5.91 Å². The highest BCUT2D eigenvalue weighted by molar-refractivity contribution is 5.78. The van der Waals surface area contributed by atoms with Gasteiger partial charge in [-0.15, -0.1) is 0 Å². The molecule has 1 amide bonds. The lowest BCUT2D eigenvalue weighted by Crippen LogP contribution is -2.43. The maximum absolute atomic E-state index is 13.2. The summed E-state index contributed by atoms with van der Waals surface area (Å²) in [5.74, 6) is 1.98. The van der Waals surface area contributed by atoms with Gasteiger partial charge in [0, 0.05) is 63.0 Å². The highest BCUT2D eigenvalue weighted by Gasteiger charge is 2.36. The van der Waals surface area contributed by atoms with Crippen molar-refractivity contribution in [2.24, 2.45) is 11.8 Å². The summed E-state index contributed by atoms with van der Waals surface area (Å²) in [6.45, 7) is 11.9. The number of ether oxygens (including phenoxy) is 1. The minimum Gasteiger partial charge on any atom is -0.497 e. The maximum atomic E-state index is 13.2. The van der Waals surface area contributed by atoms with Crippen LogP contribution in [0.1, 0.15) is 43.9 Å². The summed E-state index contributed by atoms with van der Waals surface area (Å²) in [6, 6.07) is 12.7. The fourth-order valence-corrected chi connectivity index (χ4v) is 5.44. The third-order valence-corrected chi connectivity index (χ3v) is 7.24. The van der Waals surface area contributed by atoms with Crippen LogP contribution in [0.15, 0.2) is 42.6 Å². The van der Waals surface area contributed by atoms with Crippen LogP contribution >= 0.6 is 0 Å². The third kappa shape index (κ3) is 6.18. The lowest BCUT2D eigenvalue weighted by atomic mass is 9.88. The smallest absolute Gasteiger partial charge is 0.225 e. The number of methoxy groups -OCH3 is 1. The SMILES string of the molecule is COc1cccc([C@H]2CN(Cc3ccc[nH]3)C[C@H]2CN(CCN2CCCC2)C(=O)C(C)C)c1. The molecule has 3 heterocycles. The van der Waals surface area contributed by atoms with Crippen LogP contribution in [-0.2, 0) is 11.3 Å². The molecule has 0 radical (unpaired) electrons. The molecule has 0 unspecified atom stereocenters. The van der Waals surface area contributed by atoms with Gasteiger partial charge in [0.05, 0.1) is 7.11 Å². The second-order valence-corrected chi connectivity index (χ2v) is 10.0. The molecule has 2 aromatic rings. The number of amides is 1. The van der Waals surface area contributed by atoms with Crippen molar-refractivity contribution in [3.63, 3.8) is 0 Å². The van der Waals surface area contributed by atoms with E-state index < -0.39 is 0 Å². The number of aromatic nitrogens is 1. The molecule has 2 fully saturated rings. The van der Waals surface area contributed by atoms with E-state index in [2.05, 4.69) is 50.0 Å². The van der Waals surface area contributed by atoms with Gasteiger partial charge in [0.2, 0.25) is 5.91 Å². The monoisotopic (exact) mass is 452 g/mol. The molecule has 2 atom stereocenters. The van der Waals surface area contributed by atoms with Crippen molar-refractivity contribution in [2.75, 3.05) is 52.9 Å². The topological polar surface area (TPSA) is 51.8 Å². The summed E-state index contributed by atoms with van der Waals surface area (Å²) < 4.78 is 5.52. The maximum Gasteiger partial charge on any atom is 0.225 e. The van der Waals surface area contributed by atoms with Crippen molar-refractivity contribution < 1.29 is 9.53 Å². The standard InChI is InChI=1S/C27H40N4O2/c1-21(2)27(32)31(15-14-29-12-4-5-13-29)18-23-17-30(19-24-9-7-11-28-24)20-26(23)22-8-6-10-25(16-22)33-3/h6-11,16,21,23,26,28H,4-5,12-15,17-20H2,1-3H3/t23-,26+/m0/s1. The molecule has 1 N–H and O–H groups in total. The Kier molecular flexibility index (Phi) is 8.10. The Hall–Kier alpha value is -2.31. The van der Waals surface area contributed by atoms with Crippen LogP contribution in [0.2, 0.25) is 0 Å². The number of H-pyrrole nitrogens is 1. The van der Waals surface area contributed by atoms with Crippen LogP contribution in [0.4, 0.5) is 0 Å². The predicted molar refractivity (Wildman–Crippen MR) is 132 cm³/mol. The van der Waals surface area contributed by atoms with E-state index in [1.54, 1.807) is 7.11 Å². The third-order valence-electron chi connectivity index (χ3n) is 7.24. The van der Waals surface area contributed by atoms with Crippen LogP contribution in [0.3, 0.4) is 0 Å². The Morgan fingerprint density at radius 3 is 2.67 bits per heavy atom. The summed E-state index contributed by atoms with van der Waals surface area (Å²) in [6.07, 6.45) is 4.56. The van der Waals surface area contributed by atoms with Crippen molar-refractivity contribution in [1.82, 2.24) is 19.7 Å². The Balaban J connectivity index is 1.51. The van der Waals surface area contributed by atoms with Crippen LogP contribution in [0, 0.1) is 11.8 Å². The van der Waals surface area contributed by atoms with Gasteiger partial charge in [0.1, 0.15) is 5.75 Å². The number of likely N-dealkylation sites (tertiary alicyclic amines) is 2. The summed E-state index contributed by atoms with van der Waals surface area (Å²) in [5.41, 5.74) is 2.55. The Bertz CT molecular complexity index is 876. The molecule has 33 heavy (non-hydrogen) atoms. The minimum absolute atomic E-state index is 0.0234. The van der Waals surface area contributed by atoms with Crippen molar-refractivity contribution in [2.45, 2.75) is 39.2 Å². The second-order valence-electron chi connectivity index (χ2n) is 10.0. The molecular formula is C27H40N4O2. The number of aromatic amines is 1. The van der Waals surface area contributed by atoms with Gasteiger partial charge < -0.3 is 19.5 Å². The quantitative estimate of drug-likeness (QED) is 0.596. The number of nitrogens with zero attached hydrogens (tertiary/aromatic N) is 3. The second kappa shape index (κ2) is 11.2. The lowest BCUT2D eigenvalue weighted by molar-refractivity contribution is -0.135. The molecule has 2 aliphatic heterocycles. The summed E-state index contributed by atoms with van der Waals surface area (Å²) in [5, 5.41) is 0. The molecular weight excluding hydrogens is 412 g/mol. The molecule has 4 rings (SSSR count). The number of hydrogen-bond donors (Lipinski definition) is 1. The summed E-state index contributed by atoms with van der Waals surface area (Å²) in [4.78, 5) is 23.7. The Morgan fingerprint density at radius 1 is 1.15 bits per heavy atom. The molecule has 0 bridgehead atoms. The predicted octanol–water partition coefficient (Wildman–Crippen LogP) is 3.82. The molecule has 1 aromatic carbocycles. The molecule has 6 nitrogen and oxygen atoms in total. The van der Waals surface area contributed by atoms with E-state index >= 15 is 0 Å². The van der Waals surface area contributed by atoms with Crippen LogP contribution in [-0.4, -0.2) is 78.5 Å². The number of hydrogen-bond acceptors (Lipinski definition) is 4. The molecule has 180 valence electrons. The average molecular weight is 453 g/mol. The molecule has 6 heteroatoms. The van der Waals surface area contributed by atoms with Gasteiger partial charge in [-0.2, -0.15) is 0 Å². The van der Waals surface area contributed by atoms with Gasteiger partial charge in [0.25, 0.3) is 0 Å². The Labute approximate surface area is 198 Å². The number of benzene rings is 1. The van der Waals surface area contributed by atoms with Crippen LogP contribution in [0.5, 0.6) is 5.75 Å². The molecule has 2 aliphatic rings. The normalized spacial score (nSPS) is 21.7. The van der Waals surface area contributed by atoms with Gasteiger partial charge in [0.15, 0.2) is 0 Å². The zero-order chi connectivity index (χ0) is 23.2. The highest BCUT2D eigenvalue weighted by atomic mass is 16.5. The first-order valence-electron chi connectivity index (χ1n) is 12.5. The molecule has 2 saturated heterocycles. The van der Waals surface area contributed by atoms with E-state index in [-0.39, 0.29) is 11.8 Å². The van der Waals surface area contributed by atoms with E-state index in [9.17, 15) is 4.79 Å². The fourth-order valence-electron chi connectivity index (χ4n) is 5.44. The average Bonchev–Trinajstić information content (AvgIpc) is 3.59. The van der Waals surface area contributed by atoms with Crippen LogP contribution < -0.4 is 4.74 Å². The largest absolute Gasteiger partial charge is 0.497 e. The van der Waals surface area contributed by atoms with E-state index in [0.29, 0.717) is 11.8 Å². The van der Waals surface area contributed by atoms with Gasteiger partial charge in [-0.1, -0.05) is 26.0 Å². The van der Waals surface area contributed by atoms with E-state index in [1.165, 1.54) is 37.2 Å². The molecule has 1 aromatic heterocycles. The summed E-state index contributed by atoms with van der Waals surface area (Å²) >= 11 is 0. The van der Waals surface area contributed by atoms with Gasteiger partial charge in [-0.25, -0.2) is 0 Å². The highest BCUT2D eigenvalue weighted by Crippen LogP contribution is 2.35. The lowest BCUT2D eigenvalue weighted by Gasteiger charge is -2.31. The van der Waals surface area contributed by atoms with Crippen molar-refractivity contribution in [3.05, 3.63) is 53.9 Å². The van der Waals surface area contributed by atoms with E-state index in [0.717, 1.165) is 45.0 Å². The number of rotatable bonds is 10. The molecule has 0 aliphatic carbocycles. The van der Waals surface area contributed by atoms with Crippen molar-refractivity contribution in [3.8, 4) is 5.75 Å². The van der Waals surface area contributed by atoms with Crippen LogP contribution in [0.25, 0.3) is 0 Å². The summed E-state index contributed by atoms with van der Waals surface area (Å²) in [7, 11) is 1.73. The molecule has 0 saturated carbocycles. The van der Waals surface area contributed by atoms with Gasteiger partial charge >= 0.3 is 0 Å². The number of nitrogens with one attached hydrogen (secondary N) is 1. The van der Waals surface area contributed by atoms with Crippen molar-refractivity contribution in [1.29, 1.82) is 0 Å². The number of carbonyl (C=O) groups excluding carboxylic acids is 1. The molecule has 0 spiro atoms. The van der Waals surface area contributed by atoms with E-state index in [4.69, 9.17) is 4.74 Å². The minimum atomic E-state index is 0.0234. The van der Waals surface area contributed by atoms with Gasteiger partial charge in [-0.3, -0.25) is 9.69 Å². The first-order chi connectivity index (χ1) is 16.0. The zero-order valence-corrected chi connectivity index (χ0v) is 20.5.